The molecule has 1 saturated heterocycles. The van der Waals surface area contributed by atoms with Crippen LogP contribution in [-0.2, 0) is 14.3 Å². The van der Waals surface area contributed by atoms with Gasteiger partial charge in [-0.15, -0.1) is 0 Å². The monoisotopic (exact) mass is 397 g/mol. The molecule has 12 heteroatoms. The van der Waals surface area contributed by atoms with Gasteiger partial charge in [-0.25, -0.2) is 0 Å². The first-order valence-electron chi connectivity index (χ1n) is 8.71. The largest absolute Gasteiger partial charge is 0.394 e. The van der Waals surface area contributed by atoms with Crippen LogP contribution in [0.25, 0.3) is 0 Å². The van der Waals surface area contributed by atoms with Gasteiger partial charge in [0, 0.05) is 13.0 Å². The number of aliphatic hydroxyl groups is 6. The highest BCUT2D eigenvalue weighted by molar-refractivity contribution is 5.76. The lowest BCUT2D eigenvalue weighted by Crippen LogP contribution is -2.66. The van der Waals surface area contributed by atoms with E-state index in [1.54, 1.807) is 6.92 Å². The lowest BCUT2D eigenvalue weighted by Gasteiger charge is -2.44. The Labute approximate surface area is 156 Å². The van der Waals surface area contributed by atoms with E-state index in [9.17, 15) is 30.3 Å². The molecule has 1 aliphatic heterocycles. The van der Waals surface area contributed by atoms with Crippen LogP contribution in [0.2, 0.25) is 0 Å². The molecule has 0 aromatic rings. The van der Waals surface area contributed by atoms with Crippen molar-refractivity contribution in [1.29, 1.82) is 0 Å². The van der Waals surface area contributed by atoms with Crippen LogP contribution in [0.5, 0.6) is 0 Å². The summed E-state index contributed by atoms with van der Waals surface area (Å²) in [5.41, 5.74) is 11.2. The van der Waals surface area contributed by atoms with Crippen LogP contribution >= 0.6 is 0 Å². The molecule has 0 aromatic heterocycles. The smallest absolute Gasteiger partial charge is 0.220 e. The Morgan fingerprint density at radius 1 is 1.22 bits per heavy atom. The van der Waals surface area contributed by atoms with E-state index in [1.807, 2.05) is 0 Å². The Balaban J connectivity index is 2.96. The molecule has 0 saturated carbocycles. The predicted octanol–water partition coefficient (Wildman–Crippen LogP) is -5.29. The third-order valence-electron chi connectivity index (χ3n) is 4.46. The van der Waals surface area contributed by atoms with Gasteiger partial charge in [0.2, 0.25) is 5.91 Å². The highest BCUT2D eigenvalue weighted by atomic mass is 16.7. The molecule has 1 heterocycles. The first-order chi connectivity index (χ1) is 12.7. The van der Waals surface area contributed by atoms with Crippen molar-refractivity contribution in [3.8, 4) is 0 Å². The normalized spacial score (nSPS) is 33.1. The lowest BCUT2D eigenvalue weighted by molar-refractivity contribution is -0.302. The zero-order valence-corrected chi connectivity index (χ0v) is 15.1. The highest BCUT2D eigenvalue weighted by Crippen LogP contribution is 2.24. The minimum Gasteiger partial charge on any atom is -0.394 e. The van der Waals surface area contributed by atoms with E-state index >= 15 is 0 Å². The van der Waals surface area contributed by atoms with Gasteiger partial charge in [0.1, 0.15) is 24.4 Å². The molecule has 9 atom stereocenters. The third-order valence-corrected chi connectivity index (χ3v) is 4.46. The van der Waals surface area contributed by atoms with Crippen molar-refractivity contribution in [1.82, 2.24) is 5.32 Å². The number of nitrogens with two attached hydrogens (primary N) is 2. The van der Waals surface area contributed by atoms with E-state index in [1.165, 1.54) is 0 Å². The van der Waals surface area contributed by atoms with Crippen LogP contribution in [-0.4, -0.2) is 111 Å². The van der Waals surface area contributed by atoms with Gasteiger partial charge < -0.3 is 56.9 Å². The van der Waals surface area contributed by atoms with Crippen molar-refractivity contribution >= 4 is 5.91 Å². The first-order valence-corrected chi connectivity index (χ1v) is 8.71. The van der Waals surface area contributed by atoms with E-state index in [0.29, 0.717) is 0 Å². The standard InChI is InChI=1S/C15H31N3O9/c1-2-9(23)18-11-8(5-20)26-15(13(25)12(11)24)27-14(6(21)3-16)10(17)7(22)4-19/h6-8,10-15,19-22,24-25H,2-5,16-17H2,1H3,(H,18,23)/t6-,7+,8+,10+,11+,12-,13+,14?,15+/m0/s1. The number of nitrogens with one attached hydrogen (secondary N) is 1. The van der Waals surface area contributed by atoms with Crippen LogP contribution < -0.4 is 16.8 Å². The fourth-order valence-corrected chi connectivity index (χ4v) is 2.73. The maximum absolute atomic E-state index is 11.6. The van der Waals surface area contributed by atoms with Crippen molar-refractivity contribution in [2.75, 3.05) is 19.8 Å². The zero-order valence-electron chi connectivity index (χ0n) is 15.1. The maximum Gasteiger partial charge on any atom is 0.220 e. The molecule has 0 bridgehead atoms. The molecule has 0 spiro atoms. The van der Waals surface area contributed by atoms with E-state index in [0.717, 1.165) is 0 Å². The molecule has 0 radical (unpaired) electrons. The van der Waals surface area contributed by atoms with Crippen LogP contribution in [0, 0.1) is 0 Å². The average Bonchev–Trinajstić information content (AvgIpc) is 2.68. The minimum absolute atomic E-state index is 0.121. The molecule has 1 fully saturated rings. The van der Waals surface area contributed by atoms with Crippen molar-refractivity contribution in [2.24, 2.45) is 11.5 Å². The topological polar surface area (TPSA) is 221 Å². The number of carbonyl (C=O) groups is 1. The first kappa shape index (κ1) is 24.1. The maximum atomic E-state index is 11.6. The van der Waals surface area contributed by atoms with Crippen LogP contribution in [0.3, 0.4) is 0 Å². The molecule has 1 aliphatic rings. The molecular formula is C15H31N3O9. The molecule has 12 nitrogen and oxygen atoms in total. The Morgan fingerprint density at radius 3 is 2.33 bits per heavy atom. The Kier molecular flexibility index (Phi) is 9.97. The molecule has 27 heavy (non-hydrogen) atoms. The van der Waals surface area contributed by atoms with Gasteiger partial charge in [0.15, 0.2) is 6.29 Å². The quantitative estimate of drug-likeness (QED) is 0.169. The second kappa shape index (κ2) is 11.2. The fourth-order valence-electron chi connectivity index (χ4n) is 2.73. The number of ether oxygens (including phenoxy) is 2. The van der Waals surface area contributed by atoms with Gasteiger partial charge >= 0.3 is 0 Å². The van der Waals surface area contributed by atoms with Gasteiger partial charge in [-0.2, -0.15) is 0 Å². The van der Waals surface area contributed by atoms with Crippen molar-refractivity contribution in [3.05, 3.63) is 0 Å². The molecule has 0 aliphatic carbocycles. The van der Waals surface area contributed by atoms with Crippen molar-refractivity contribution in [3.63, 3.8) is 0 Å². The van der Waals surface area contributed by atoms with Gasteiger partial charge in [-0.05, 0) is 0 Å². The summed E-state index contributed by atoms with van der Waals surface area (Å²) in [7, 11) is 0. The summed E-state index contributed by atoms with van der Waals surface area (Å²) in [5, 5.41) is 61.3. The van der Waals surface area contributed by atoms with Gasteiger partial charge in [0.25, 0.3) is 0 Å². The summed E-state index contributed by atoms with van der Waals surface area (Å²) in [6.45, 7) is -0.0258. The van der Waals surface area contributed by atoms with Gasteiger partial charge in [0.05, 0.1) is 37.5 Å². The highest BCUT2D eigenvalue weighted by Gasteiger charge is 2.47. The fraction of sp³-hybridized carbons (Fsp3) is 0.933. The third kappa shape index (κ3) is 6.02. The number of amides is 1. The average molecular weight is 397 g/mol. The Bertz CT molecular complexity index is 456. The molecule has 0 aromatic carbocycles. The number of hydrogen-bond donors (Lipinski definition) is 9. The Morgan fingerprint density at radius 2 is 1.85 bits per heavy atom. The molecular weight excluding hydrogens is 366 g/mol. The molecule has 1 unspecified atom stereocenters. The van der Waals surface area contributed by atoms with Crippen LogP contribution in [0.1, 0.15) is 13.3 Å². The lowest BCUT2D eigenvalue weighted by atomic mass is 9.95. The van der Waals surface area contributed by atoms with Crippen molar-refractivity contribution in [2.45, 2.75) is 68.3 Å². The minimum atomic E-state index is -1.67. The molecule has 1 rings (SSSR count). The van der Waals surface area contributed by atoms with E-state index in [4.69, 9.17) is 26.0 Å². The molecule has 160 valence electrons. The summed E-state index contributed by atoms with van der Waals surface area (Å²) in [4.78, 5) is 11.6. The number of rotatable bonds is 10. The molecule has 11 N–H and O–H groups in total. The number of hydrogen-bond acceptors (Lipinski definition) is 11. The summed E-state index contributed by atoms with van der Waals surface area (Å²) in [5.74, 6) is -0.419. The van der Waals surface area contributed by atoms with Gasteiger partial charge in [-0.1, -0.05) is 6.92 Å². The van der Waals surface area contributed by atoms with E-state index in [2.05, 4.69) is 5.32 Å². The second-order valence-electron chi connectivity index (χ2n) is 6.38. The predicted molar refractivity (Wildman–Crippen MR) is 91.0 cm³/mol. The zero-order chi connectivity index (χ0) is 20.7. The van der Waals surface area contributed by atoms with Crippen LogP contribution in [0.15, 0.2) is 0 Å². The van der Waals surface area contributed by atoms with Gasteiger partial charge in [-0.3, -0.25) is 4.79 Å². The summed E-state index contributed by atoms with van der Waals surface area (Å²) >= 11 is 0. The Hall–Kier alpha value is -0.930. The second-order valence-corrected chi connectivity index (χ2v) is 6.38. The van der Waals surface area contributed by atoms with Crippen molar-refractivity contribution < 1.29 is 44.9 Å². The summed E-state index contributed by atoms with van der Waals surface area (Å²) in [6.07, 6.45) is -9.94. The molecule has 1 amide bonds. The summed E-state index contributed by atoms with van der Waals surface area (Å²) in [6, 6.07) is -2.38. The van der Waals surface area contributed by atoms with Crippen LogP contribution in [0.4, 0.5) is 0 Å². The SMILES string of the molecule is CCC(=O)N[C@H]1[C@H](O)[C@@H](O)[C@@H](OC([C@@H](O)CN)[C@H](N)[C@H](O)CO)O[C@@H]1CO. The number of aliphatic hydroxyl groups excluding tert-OH is 6. The number of carbonyl (C=O) groups excluding carboxylic acids is 1. The van der Waals surface area contributed by atoms with E-state index < -0.39 is 74.1 Å². The summed E-state index contributed by atoms with van der Waals surface area (Å²) < 4.78 is 10.9. The van der Waals surface area contributed by atoms with E-state index in [-0.39, 0.29) is 13.0 Å².